The molecule has 0 N–H and O–H groups in total. The summed E-state index contributed by atoms with van der Waals surface area (Å²) in [6.07, 6.45) is 0. The van der Waals surface area contributed by atoms with E-state index < -0.39 is 0 Å². The minimum atomic E-state index is 0.161. The quantitative estimate of drug-likeness (QED) is 0.761. The number of Topliss-reactive ketones (excluding diaryl/α,β-unsaturated/α-hetero) is 1. The smallest absolute Gasteiger partial charge is 0.186 e. The molecule has 1 nitrogen and oxygen atoms in total. The number of ketones is 1. The standard InChI is InChI=1S/C12H16OS3/c1-7-4-5-14-12(7)11(13)10-6-15-8(2)9(3)16-10/h4-5,8-10H,6H2,1-3H3. The van der Waals surface area contributed by atoms with Crippen LogP contribution in [0.4, 0.5) is 0 Å². The van der Waals surface area contributed by atoms with Crippen molar-refractivity contribution in [3.05, 3.63) is 21.9 Å². The van der Waals surface area contributed by atoms with E-state index >= 15 is 0 Å². The van der Waals surface area contributed by atoms with Crippen molar-refractivity contribution in [3.8, 4) is 0 Å². The Kier molecular flexibility index (Phi) is 4.03. The zero-order chi connectivity index (χ0) is 11.7. The first-order valence-electron chi connectivity index (χ1n) is 5.45. The van der Waals surface area contributed by atoms with E-state index in [-0.39, 0.29) is 5.25 Å². The molecule has 3 unspecified atom stereocenters. The van der Waals surface area contributed by atoms with Crippen LogP contribution in [0.3, 0.4) is 0 Å². The Labute approximate surface area is 109 Å². The molecule has 1 aromatic rings. The molecule has 16 heavy (non-hydrogen) atoms. The van der Waals surface area contributed by atoms with E-state index in [1.54, 1.807) is 11.3 Å². The predicted octanol–water partition coefficient (Wildman–Crippen LogP) is 3.86. The molecule has 3 atom stereocenters. The maximum Gasteiger partial charge on any atom is 0.186 e. The lowest BCUT2D eigenvalue weighted by atomic mass is 10.2. The van der Waals surface area contributed by atoms with E-state index in [1.807, 2.05) is 41.9 Å². The van der Waals surface area contributed by atoms with E-state index in [9.17, 15) is 4.79 Å². The number of hydrogen-bond donors (Lipinski definition) is 0. The zero-order valence-corrected chi connectivity index (χ0v) is 12.2. The second-order valence-electron chi connectivity index (χ2n) is 4.17. The molecule has 0 aliphatic carbocycles. The molecule has 2 rings (SSSR count). The first kappa shape index (κ1) is 12.5. The number of carbonyl (C=O) groups excluding carboxylic acids is 1. The molecule has 1 aromatic heterocycles. The molecule has 4 heteroatoms. The van der Waals surface area contributed by atoms with Gasteiger partial charge in [0.1, 0.15) is 0 Å². The summed E-state index contributed by atoms with van der Waals surface area (Å²) >= 11 is 5.36. The van der Waals surface area contributed by atoms with Crippen molar-refractivity contribution in [2.24, 2.45) is 0 Å². The molecule has 0 saturated carbocycles. The predicted molar refractivity (Wildman–Crippen MR) is 76.1 cm³/mol. The first-order valence-corrected chi connectivity index (χ1v) is 8.32. The summed E-state index contributed by atoms with van der Waals surface area (Å²) in [6, 6.07) is 2.03. The van der Waals surface area contributed by atoms with Gasteiger partial charge in [-0.1, -0.05) is 13.8 Å². The van der Waals surface area contributed by atoms with Crippen LogP contribution in [-0.4, -0.2) is 27.3 Å². The van der Waals surface area contributed by atoms with Gasteiger partial charge >= 0.3 is 0 Å². The minimum absolute atomic E-state index is 0.161. The van der Waals surface area contributed by atoms with Crippen LogP contribution in [0.25, 0.3) is 0 Å². The Morgan fingerprint density at radius 1 is 1.38 bits per heavy atom. The second-order valence-corrected chi connectivity index (χ2v) is 8.08. The lowest BCUT2D eigenvalue weighted by Gasteiger charge is -2.30. The third kappa shape index (κ3) is 2.49. The summed E-state index contributed by atoms with van der Waals surface area (Å²) in [5.41, 5.74) is 1.13. The molecule has 1 aliphatic rings. The van der Waals surface area contributed by atoms with Crippen molar-refractivity contribution < 1.29 is 4.79 Å². The summed E-state index contributed by atoms with van der Waals surface area (Å²) in [6.45, 7) is 6.50. The average molecular weight is 272 g/mol. The third-order valence-corrected chi connectivity index (χ3v) is 7.35. The zero-order valence-electron chi connectivity index (χ0n) is 9.73. The summed E-state index contributed by atoms with van der Waals surface area (Å²) in [4.78, 5) is 13.3. The van der Waals surface area contributed by atoms with Gasteiger partial charge in [-0.25, -0.2) is 0 Å². The fourth-order valence-corrected chi connectivity index (χ4v) is 5.55. The molecular weight excluding hydrogens is 256 g/mol. The largest absolute Gasteiger partial charge is 0.292 e. The van der Waals surface area contributed by atoms with E-state index in [4.69, 9.17) is 0 Å². The van der Waals surface area contributed by atoms with Crippen molar-refractivity contribution in [1.29, 1.82) is 0 Å². The van der Waals surface area contributed by atoms with E-state index in [1.165, 1.54) is 0 Å². The molecule has 1 saturated heterocycles. The SMILES string of the molecule is Cc1ccsc1C(=O)C1CSC(C)C(C)S1. The van der Waals surface area contributed by atoms with Crippen molar-refractivity contribution in [1.82, 2.24) is 0 Å². The van der Waals surface area contributed by atoms with Crippen LogP contribution >= 0.6 is 34.9 Å². The van der Waals surface area contributed by atoms with Crippen LogP contribution < -0.4 is 0 Å². The van der Waals surface area contributed by atoms with Gasteiger partial charge in [-0.15, -0.1) is 23.1 Å². The van der Waals surface area contributed by atoms with E-state index in [0.29, 0.717) is 16.3 Å². The number of thiophene rings is 1. The van der Waals surface area contributed by atoms with Gasteiger partial charge in [0.15, 0.2) is 5.78 Å². The van der Waals surface area contributed by atoms with Crippen molar-refractivity contribution >= 4 is 40.6 Å². The summed E-state index contributed by atoms with van der Waals surface area (Å²) in [5.74, 6) is 1.30. The van der Waals surface area contributed by atoms with Crippen LogP contribution in [0.2, 0.25) is 0 Å². The number of carbonyl (C=O) groups is 1. The summed E-state index contributed by atoms with van der Waals surface area (Å²) in [7, 11) is 0. The lowest BCUT2D eigenvalue weighted by molar-refractivity contribution is 0.0998. The van der Waals surface area contributed by atoms with Gasteiger partial charge in [-0.2, -0.15) is 11.8 Å². The van der Waals surface area contributed by atoms with Crippen LogP contribution in [0.1, 0.15) is 29.1 Å². The molecule has 88 valence electrons. The fourth-order valence-electron chi connectivity index (χ4n) is 1.69. The summed E-state index contributed by atoms with van der Waals surface area (Å²) < 4.78 is 0. The molecule has 0 bridgehead atoms. The Hall–Kier alpha value is 0.0700. The maximum atomic E-state index is 12.3. The van der Waals surface area contributed by atoms with Gasteiger partial charge in [0.2, 0.25) is 0 Å². The maximum absolute atomic E-state index is 12.3. The molecule has 0 radical (unpaired) electrons. The average Bonchev–Trinajstić information content (AvgIpc) is 2.67. The third-order valence-electron chi connectivity index (χ3n) is 2.93. The first-order chi connectivity index (χ1) is 7.59. The van der Waals surface area contributed by atoms with Crippen molar-refractivity contribution in [2.75, 3.05) is 5.75 Å². The number of aryl methyl sites for hydroxylation is 1. The molecular formula is C12H16OS3. The van der Waals surface area contributed by atoms with Gasteiger partial charge in [-0.05, 0) is 23.9 Å². The highest BCUT2D eigenvalue weighted by molar-refractivity contribution is 8.08. The molecule has 1 fully saturated rings. The highest BCUT2D eigenvalue weighted by atomic mass is 32.2. The summed E-state index contributed by atoms with van der Waals surface area (Å²) in [5, 5.41) is 3.41. The fraction of sp³-hybridized carbons (Fsp3) is 0.583. The van der Waals surface area contributed by atoms with Crippen molar-refractivity contribution in [2.45, 2.75) is 36.5 Å². The van der Waals surface area contributed by atoms with Gasteiger partial charge < -0.3 is 0 Å². The van der Waals surface area contributed by atoms with Crippen LogP contribution in [0.5, 0.6) is 0 Å². The molecule has 0 spiro atoms. The highest BCUT2D eigenvalue weighted by Crippen LogP contribution is 2.37. The van der Waals surface area contributed by atoms with Gasteiger partial charge in [-0.3, -0.25) is 4.79 Å². The number of rotatable bonds is 2. The Balaban J connectivity index is 2.09. The molecule has 1 aliphatic heterocycles. The van der Waals surface area contributed by atoms with Crippen molar-refractivity contribution in [3.63, 3.8) is 0 Å². The van der Waals surface area contributed by atoms with E-state index in [2.05, 4.69) is 13.8 Å². The molecule has 2 heterocycles. The highest BCUT2D eigenvalue weighted by Gasteiger charge is 2.31. The molecule has 0 aromatic carbocycles. The van der Waals surface area contributed by atoms with Crippen LogP contribution in [0, 0.1) is 6.92 Å². The monoisotopic (exact) mass is 272 g/mol. The molecule has 0 amide bonds. The lowest BCUT2D eigenvalue weighted by Crippen LogP contribution is -2.31. The Morgan fingerprint density at radius 3 is 2.69 bits per heavy atom. The normalized spacial score (nSPS) is 30.3. The van der Waals surface area contributed by atoms with Gasteiger partial charge in [0, 0.05) is 16.3 Å². The van der Waals surface area contributed by atoms with Gasteiger partial charge in [0.25, 0.3) is 0 Å². The van der Waals surface area contributed by atoms with Crippen LogP contribution in [0.15, 0.2) is 11.4 Å². The topological polar surface area (TPSA) is 17.1 Å². The van der Waals surface area contributed by atoms with E-state index in [0.717, 1.165) is 16.2 Å². The Bertz CT molecular complexity index is 385. The Morgan fingerprint density at radius 2 is 2.12 bits per heavy atom. The number of thioether (sulfide) groups is 2. The minimum Gasteiger partial charge on any atom is -0.292 e. The van der Waals surface area contributed by atoms with Gasteiger partial charge in [0.05, 0.1) is 10.1 Å². The van der Waals surface area contributed by atoms with Crippen LogP contribution in [-0.2, 0) is 0 Å². The second kappa shape index (κ2) is 5.15. The number of hydrogen-bond acceptors (Lipinski definition) is 4.